The van der Waals surface area contributed by atoms with Gasteiger partial charge in [-0.05, 0) is 12.8 Å². The van der Waals surface area contributed by atoms with Gasteiger partial charge in [-0.15, -0.1) is 0 Å². The van der Waals surface area contributed by atoms with Gasteiger partial charge in [0.15, 0.2) is 0 Å². The summed E-state index contributed by atoms with van der Waals surface area (Å²) in [6.07, 6.45) is -11.1. The Labute approximate surface area is 138 Å². The molecule has 148 valence electrons. The van der Waals surface area contributed by atoms with Gasteiger partial charge in [0, 0.05) is 5.57 Å². The first kappa shape index (κ1) is 23.6. The number of hydrogen-bond acceptors (Lipinski definition) is 2. The second kappa shape index (κ2) is 7.45. The zero-order valence-electron chi connectivity index (χ0n) is 13.5. The molecule has 2 unspecified atom stereocenters. The van der Waals surface area contributed by atoms with E-state index in [4.69, 9.17) is 0 Å². The molecule has 0 N–H and O–H groups in total. The van der Waals surface area contributed by atoms with E-state index in [0.29, 0.717) is 0 Å². The van der Waals surface area contributed by atoms with Crippen molar-refractivity contribution in [2.45, 2.75) is 63.7 Å². The molecule has 0 aromatic heterocycles. The van der Waals surface area contributed by atoms with Crippen LogP contribution in [0.5, 0.6) is 0 Å². The van der Waals surface area contributed by atoms with Gasteiger partial charge < -0.3 is 4.74 Å². The number of esters is 1. The van der Waals surface area contributed by atoms with Crippen LogP contribution >= 0.6 is 0 Å². The van der Waals surface area contributed by atoms with Crippen molar-refractivity contribution >= 4 is 5.97 Å². The lowest BCUT2D eigenvalue weighted by atomic mass is 9.91. The molecule has 0 radical (unpaired) electrons. The molecule has 0 fully saturated rings. The van der Waals surface area contributed by atoms with Crippen LogP contribution in [0.1, 0.15) is 33.6 Å². The highest BCUT2D eigenvalue weighted by Gasteiger charge is 2.81. The van der Waals surface area contributed by atoms with Gasteiger partial charge in [0.25, 0.3) is 0 Å². The summed E-state index contributed by atoms with van der Waals surface area (Å²) in [6, 6.07) is 0. The minimum absolute atomic E-state index is 0.00541. The highest BCUT2D eigenvalue weighted by molar-refractivity contribution is 5.87. The van der Waals surface area contributed by atoms with E-state index in [9.17, 15) is 44.3 Å². The summed E-state index contributed by atoms with van der Waals surface area (Å²) >= 11 is 0. The standard InChI is InChI=1S/C14H17F9O2/c1-5-8(4)9(25-10(24)7(2)3)6-11(15,16)12(17,18)13(19,20)14(21,22)23/h8-9H,2,5-6H2,1,3-4H3. The predicted octanol–water partition coefficient (Wildman–Crippen LogP) is 5.38. The average molecular weight is 388 g/mol. The fourth-order valence-corrected chi connectivity index (χ4v) is 1.65. The molecule has 2 nitrogen and oxygen atoms in total. The Morgan fingerprint density at radius 3 is 1.76 bits per heavy atom. The molecule has 0 aliphatic rings. The topological polar surface area (TPSA) is 26.3 Å². The van der Waals surface area contributed by atoms with Crippen LogP contribution in [0.2, 0.25) is 0 Å². The van der Waals surface area contributed by atoms with E-state index in [-0.39, 0.29) is 12.0 Å². The van der Waals surface area contributed by atoms with E-state index >= 15 is 0 Å². The first-order valence-electron chi connectivity index (χ1n) is 6.99. The molecule has 11 heteroatoms. The van der Waals surface area contributed by atoms with Gasteiger partial charge in [0.05, 0.1) is 6.42 Å². The Morgan fingerprint density at radius 1 is 1.00 bits per heavy atom. The van der Waals surface area contributed by atoms with Crippen LogP contribution in [0.15, 0.2) is 12.2 Å². The zero-order valence-corrected chi connectivity index (χ0v) is 13.5. The van der Waals surface area contributed by atoms with Crippen LogP contribution < -0.4 is 0 Å². The monoisotopic (exact) mass is 388 g/mol. The molecule has 0 heterocycles. The molecule has 0 aliphatic heterocycles. The van der Waals surface area contributed by atoms with Crippen molar-refractivity contribution in [3.8, 4) is 0 Å². The molecule has 0 spiro atoms. The molecule has 2 atom stereocenters. The maximum absolute atomic E-state index is 13.7. The Kier molecular flexibility index (Phi) is 7.02. The van der Waals surface area contributed by atoms with E-state index in [1.54, 1.807) is 0 Å². The van der Waals surface area contributed by atoms with E-state index in [0.717, 1.165) is 6.92 Å². The van der Waals surface area contributed by atoms with Crippen molar-refractivity contribution < 1.29 is 49.0 Å². The highest BCUT2D eigenvalue weighted by Crippen LogP contribution is 2.54. The molecule has 25 heavy (non-hydrogen) atoms. The lowest BCUT2D eigenvalue weighted by molar-refractivity contribution is -0.398. The van der Waals surface area contributed by atoms with Gasteiger partial charge in [-0.25, -0.2) is 4.79 Å². The fourth-order valence-electron chi connectivity index (χ4n) is 1.65. The van der Waals surface area contributed by atoms with Crippen molar-refractivity contribution in [1.29, 1.82) is 0 Å². The summed E-state index contributed by atoms with van der Waals surface area (Å²) in [4.78, 5) is 11.4. The SMILES string of the molecule is C=C(C)C(=O)OC(CC(F)(F)C(F)(F)C(F)(F)C(F)(F)F)C(C)CC. The van der Waals surface area contributed by atoms with Crippen molar-refractivity contribution in [2.24, 2.45) is 5.92 Å². The van der Waals surface area contributed by atoms with Crippen molar-refractivity contribution in [1.82, 2.24) is 0 Å². The van der Waals surface area contributed by atoms with E-state index in [1.807, 2.05) is 0 Å². The summed E-state index contributed by atoms with van der Waals surface area (Å²) in [7, 11) is 0. The van der Waals surface area contributed by atoms with Gasteiger partial charge in [-0.2, -0.15) is 39.5 Å². The number of carbonyl (C=O) groups is 1. The van der Waals surface area contributed by atoms with Crippen LogP contribution in [0, 0.1) is 5.92 Å². The number of halogens is 9. The Bertz CT molecular complexity index is 497. The molecule has 0 saturated carbocycles. The zero-order chi connectivity index (χ0) is 20.4. The van der Waals surface area contributed by atoms with Gasteiger partial charge in [0.1, 0.15) is 6.10 Å². The predicted molar refractivity (Wildman–Crippen MR) is 69.7 cm³/mol. The first-order chi connectivity index (χ1) is 10.9. The van der Waals surface area contributed by atoms with Crippen molar-refractivity contribution in [3.63, 3.8) is 0 Å². The Hall–Kier alpha value is -1.42. The summed E-state index contributed by atoms with van der Waals surface area (Å²) < 4.78 is 120. The minimum atomic E-state index is -6.97. The Balaban J connectivity index is 5.72. The van der Waals surface area contributed by atoms with Crippen LogP contribution in [0.4, 0.5) is 39.5 Å². The van der Waals surface area contributed by atoms with Gasteiger partial charge >= 0.3 is 29.9 Å². The van der Waals surface area contributed by atoms with Gasteiger partial charge in [-0.1, -0.05) is 26.8 Å². The Morgan fingerprint density at radius 2 is 1.44 bits per heavy atom. The molecular formula is C14H17F9O2. The van der Waals surface area contributed by atoms with E-state index in [2.05, 4.69) is 11.3 Å². The number of rotatable bonds is 8. The molecule has 0 saturated heterocycles. The maximum atomic E-state index is 13.7. The smallest absolute Gasteiger partial charge is 0.459 e. The second-order valence-corrected chi connectivity index (χ2v) is 5.66. The van der Waals surface area contributed by atoms with Gasteiger partial charge in [0.2, 0.25) is 0 Å². The molecule has 0 aromatic carbocycles. The lowest BCUT2D eigenvalue weighted by Crippen LogP contribution is -2.61. The number of alkyl halides is 9. The lowest BCUT2D eigenvalue weighted by Gasteiger charge is -2.36. The number of ether oxygens (including phenoxy) is 1. The number of carbonyl (C=O) groups excluding carboxylic acids is 1. The van der Waals surface area contributed by atoms with E-state index in [1.165, 1.54) is 13.8 Å². The molecule has 0 amide bonds. The molecule has 0 aromatic rings. The summed E-state index contributed by atoms with van der Waals surface area (Å²) in [5, 5.41) is 0. The van der Waals surface area contributed by atoms with Crippen LogP contribution in [0.3, 0.4) is 0 Å². The molecular weight excluding hydrogens is 371 g/mol. The maximum Gasteiger partial charge on any atom is 0.460 e. The second-order valence-electron chi connectivity index (χ2n) is 5.66. The largest absolute Gasteiger partial charge is 0.460 e. The van der Waals surface area contributed by atoms with Crippen LogP contribution in [-0.4, -0.2) is 36.0 Å². The first-order valence-corrected chi connectivity index (χ1v) is 6.99. The third kappa shape index (κ3) is 4.81. The molecule has 0 bridgehead atoms. The van der Waals surface area contributed by atoms with Crippen molar-refractivity contribution in [3.05, 3.63) is 12.2 Å². The van der Waals surface area contributed by atoms with E-state index < -0.39 is 48.4 Å². The van der Waals surface area contributed by atoms with Crippen LogP contribution in [-0.2, 0) is 9.53 Å². The highest BCUT2D eigenvalue weighted by atomic mass is 19.4. The summed E-state index contributed by atoms with van der Waals surface area (Å²) in [5.41, 5.74) is -0.288. The van der Waals surface area contributed by atoms with Crippen molar-refractivity contribution in [2.75, 3.05) is 0 Å². The quantitative estimate of drug-likeness (QED) is 0.317. The number of hydrogen-bond donors (Lipinski definition) is 0. The third-order valence-corrected chi connectivity index (χ3v) is 3.55. The summed E-state index contributed by atoms with van der Waals surface area (Å²) in [6.45, 7) is 6.83. The third-order valence-electron chi connectivity index (χ3n) is 3.55. The average Bonchev–Trinajstić information content (AvgIpc) is 2.43. The molecule has 0 rings (SSSR count). The fraction of sp³-hybridized carbons (Fsp3) is 0.786. The summed E-state index contributed by atoms with van der Waals surface area (Å²) in [5.74, 6) is -21.8. The molecule has 0 aliphatic carbocycles. The van der Waals surface area contributed by atoms with Crippen LogP contribution in [0.25, 0.3) is 0 Å². The normalized spacial score (nSPS) is 16.3. The van der Waals surface area contributed by atoms with Gasteiger partial charge in [-0.3, -0.25) is 0 Å². The minimum Gasteiger partial charge on any atom is -0.459 e.